The summed E-state index contributed by atoms with van der Waals surface area (Å²) in [5.74, 6) is 0.597. The van der Waals surface area contributed by atoms with Crippen LogP contribution < -0.4 is 15.3 Å². The van der Waals surface area contributed by atoms with Gasteiger partial charge in [-0.05, 0) is 129 Å². The largest absolute Gasteiger partial charge is 0.309 e. The molecule has 0 bridgehead atoms. The van der Waals surface area contributed by atoms with E-state index < -0.39 is 0 Å². The van der Waals surface area contributed by atoms with E-state index in [4.69, 9.17) is 0 Å². The molecule has 2 heteroatoms. The van der Waals surface area contributed by atoms with Crippen molar-refractivity contribution >= 4 is 61.3 Å². The summed E-state index contributed by atoms with van der Waals surface area (Å²) in [5.41, 5.74) is 16.2. The normalized spacial score (nSPS) is 14.2. The molecule has 0 unspecified atom stereocenters. The molecule has 9 aromatic carbocycles. The minimum Gasteiger partial charge on any atom is -0.309 e. The van der Waals surface area contributed by atoms with E-state index in [2.05, 4.69) is 222 Å². The average molecular weight is 823 g/mol. The highest BCUT2D eigenvalue weighted by molar-refractivity contribution is 6.11. The zero-order valence-electron chi connectivity index (χ0n) is 36.1. The Morgan fingerprint density at radius 1 is 0.453 bits per heavy atom. The molecule has 1 heterocycles. The van der Waals surface area contributed by atoms with E-state index in [1.165, 1.54) is 114 Å². The Balaban J connectivity index is 1.17. The van der Waals surface area contributed by atoms with Gasteiger partial charge in [0.1, 0.15) is 0 Å². The van der Waals surface area contributed by atoms with Gasteiger partial charge in [-0.1, -0.05) is 183 Å². The first kappa shape index (κ1) is 38.3. The first-order valence-corrected chi connectivity index (χ1v) is 23.3. The fraction of sp³-hybridized carbons (Fsp3) is 0.129. The Hall–Kier alpha value is -7.42. The van der Waals surface area contributed by atoms with Crippen molar-refractivity contribution in [3.05, 3.63) is 228 Å². The molecule has 1 aromatic heterocycles. The molecule has 2 aliphatic carbocycles. The molecule has 0 atom stereocenters. The average Bonchev–Trinajstić information content (AvgIpc) is 3.70. The Morgan fingerprint density at radius 3 is 2.03 bits per heavy atom. The number of rotatable bonds is 8. The molecule has 308 valence electrons. The van der Waals surface area contributed by atoms with Gasteiger partial charge >= 0.3 is 0 Å². The predicted octanol–water partition coefficient (Wildman–Crippen LogP) is 15.6. The fourth-order valence-electron chi connectivity index (χ4n) is 11.1. The van der Waals surface area contributed by atoms with Crippen molar-refractivity contribution in [3.8, 4) is 27.9 Å². The highest BCUT2D eigenvalue weighted by Gasteiger charge is 2.26. The maximum atomic E-state index is 2.59. The maximum Gasteiger partial charge on any atom is 0.0546 e. The molecule has 0 spiro atoms. The standard InChI is InChI=1S/C62H50N2/c1-4-19-44(20-5-1)52-39-37-47(51-32-16-24-43-23-10-11-29-50(43)51)41-61(52)64(49-38-40-60-57(42-49)55-31-13-15-36-59(55)63(60)48-27-8-3-9-28-48)58-35-14-12-30-54(58)56-34-18-26-46-25-17-33-53(62(46)56)45-21-6-2-7-22-45/h1,3-5,8-17,19-20,23-33,35-42,45H,2,6-7,18,21-22,34H2. The van der Waals surface area contributed by atoms with Crippen molar-refractivity contribution < 1.29 is 0 Å². The van der Waals surface area contributed by atoms with Crippen molar-refractivity contribution in [2.24, 2.45) is 0 Å². The summed E-state index contributed by atoms with van der Waals surface area (Å²) in [4.78, 5) is 2.59. The summed E-state index contributed by atoms with van der Waals surface area (Å²) in [6.07, 6.45) is 11.1. The highest BCUT2D eigenvalue weighted by Crippen LogP contribution is 2.47. The molecule has 0 N–H and O–H groups in total. The molecule has 10 aromatic rings. The number of para-hydroxylation sites is 3. The van der Waals surface area contributed by atoms with Crippen LogP contribution in [0, 0.1) is 0 Å². The molecule has 0 amide bonds. The van der Waals surface area contributed by atoms with E-state index in [1.54, 1.807) is 5.56 Å². The molecule has 12 rings (SSSR count). The third kappa shape index (κ3) is 6.64. The summed E-state index contributed by atoms with van der Waals surface area (Å²) in [6, 6.07) is 76.8. The van der Waals surface area contributed by atoms with E-state index in [-0.39, 0.29) is 0 Å². The molecule has 0 saturated heterocycles. The quantitative estimate of drug-likeness (QED) is 0.148. The third-order valence-electron chi connectivity index (χ3n) is 14.1. The molecule has 64 heavy (non-hydrogen) atoms. The lowest BCUT2D eigenvalue weighted by molar-refractivity contribution is 0.442. The number of benzene rings is 9. The number of anilines is 3. The molecule has 2 nitrogen and oxygen atoms in total. The molecular formula is C62H50N2. The van der Waals surface area contributed by atoms with E-state index in [0.29, 0.717) is 5.92 Å². The van der Waals surface area contributed by atoms with Gasteiger partial charge in [-0.25, -0.2) is 0 Å². The van der Waals surface area contributed by atoms with E-state index in [0.717, 1.165) is 29.9 Å². The second-order valence-corrected chi connectivity index (χ2v) is 17.7. The van der Waals surface area contributed by atoms with Gasteiger partial charge in [-0.3, -0.25) is 0 Å². The van der Waals surface area contributed by atoms with Crippen molar-refractivity contribution in [1.29, 1.82) is 0 Å². The van der Waals surface area contributed by atoms with Crippen LogP contribution in [0.4, 0.5) is 17.1 Å². The van der Waals surface area contributed by atoms with Crippen LogP contribution >= 0.6 is 0 Å². The lowest BCUT2D eigenvalue weighted by atomic mass is 9.80. The number of hydrogen-bond donors (Lipinski definition) is 0. The number of nitrogens with zero attached hydrogens (tertiary/aromatic N) is 2. The van der Waals surface area contributed by atoms with Gasteiger partial charge in [0.2, 0.25) is 0 Å². The topological polar surface area (TPSA) is 8.17 Å². The summed E-state index contributed by atoms with van der Waals surface area (Å²) < 4.78 is 2.42. The van der Waals surface area contributed by atoms with Gasteiger partial charge in [0.25, 0.3) is 0 Å². The lowest BCUT2D eigenvalue weighted by Crippen LogP contribution is -2.35. The van der Waals surface area contributed by atoms with Crippen molar-refractivity contribution in [2.45, 2.75) is 50.9 Å². The number of fused-ring (bicyclic) bond motifs is 5. The lowest BCUT2D eigenvalue weighted by Gasteiger charge is -2.32. The molecular weight excluding hydrogens is 773 g/mol. The summed E-state index contributed by atoms with van der Waals surface area (Å²) in [7, 11) is 0. The van der Waals surface area contributed by atoms with Gasteiger partial charge in [0.15, 0.2) is 0 Å². The first-order valence-electron chi connectivity index (χ1n) is 23.3. The summed E-state index contributed by atoms with van der Waals surface area (Å²) >= 11 is 0. The molecule has 0 radical (unpaired) electrons. The van der Waals surface area contributed by atoms with Crippen LogP contribution in [0.2, 0.25) is 0 Å². The maximum absolute atomic E-state index is 2.59. The van der Waals surface area contributed by atoms with E-state index >= 15 is 0 Å². The molecule has 2 aliphatic rings. The Morgan fingerprint density at radius 2 is 1.16 bits per heavy atom. The van der Waals surface area contributed by atoms with Crippen molar-refractivity contribution in [3.63, 3.8) is 0 Å². The summed E-state index contributed by atoms with van der Waals surface area (Å²) in [5, 5.41) is 7.84. The zero-order valence-corrected chi connectivity index (χ0v) is 36.1. The van der Waals surface area contributed by atoms with Gasteiger partial charge in [0.05, 0.1) is 22.4 Å². The second-order valence-electron chi connectivity index (χ2n) is 17.7. The molecule has 1 saturated carbocycles. The van der Waals surface area contributed by atoms with Crippen LogP contribution in [-0.2, 0) is 0 Å². The van der Waals surface area contributed by atoms with Crippen LogP contribution in [0.3, 0.4) is 0 Å². The SMILES string of the molecule is C1=c2cccc(C3CCCCC3)c2=C(c2ccccc2N(c2ccc3c(c2)c2ccccc2n3-c2ccccc2)c2cc(-c3cccc4ccccc34)ccc2-c2ccccc2)CC1. The van der Waals surface area contributed by atoms with Crippen molar-refractivity contribution in [1.82, 2.24) is 4.57 Å². The Kier molecular flexibility index (Phi) is 9.79. The van der Waals surface area contributed by atoms with Gasteiger partial charge < -0.3 is 9.47 Å². The third-order valence-corrected chi connectivity index (χ3v) is 14.1. The van der Waals surface area contributed by atoms with Gasteiger partial charge in [0, 0.05) is 33.3 Å². The minimum atomic E-state index is 0.597. The minimum absolute atomic E-state index is 0.597. The molecule has 0 aliphatic heterocycles. The highest BCUT2D eigenvalue weighted by atomic mass is 15.1. The monoisotopic (exact) mass is 822 g/mol. The number of hydrogen-bond acceptors (Lipinski definition) is 1. The van der Waals surface area contributed by atoms with Gasteiger partial charge in [-0.15, -0.1) is 0 Å². The Labute approximate surface area is 375 Å². The van der Waals surface area contributed by atoms with Gasteiger partial charge in [-0.2, -0.15) is 0 Å². The van der Waals surface area contributed by atoms with Crippen LogP contribution in [0.25, 0.3) is 72.2 Å². The second kappa shape index (κ2) is 16.4. The smallest absolute Gasteiger partial charge is 0.0546 e. The zero-order chi connectivity index (χ0) is 42.4. The summed E-state index contributed by atoms with van der Waals surface area (Å²) in [6.45, 7) is 0. The Bertz CT molecular complexity index is 3480. The van der Waals surface area contributed by atoms with E-state index in [9.17, 15) is 0 Å². The van der Waals surface area contributed by atoms with E-state index in [1.807, 2.05) is 0 Å². The van der Waals surface area contributed by atoms with Crippen LogP contribution in [0.1, 0.15) is 62.0 Å². The van der Waals surface area contributed by atoms with Crippen LogP contribution in [0.15, 0.2) is 206 Å². The predicted molar refractivity (Wildman–Crippen MR) is 272 cm³/mol. The molecule has 1 fully saturated rings. The number of aromatic nitrogens is 1. The van der Waals surface area contributed by atoms with Crippen LogP contribution in [-0.4, -0.2) is 4.57 Å². The fourth-order valence-corrected chi connectivity index (χ4v) is 11.1. The van der Waals surface area contributed by atoms with Crippen molar-refractivity contribution in [2.75, 3.05) is 4.90 Å². The van der Waals surface area contributed by atoms with Crippen LogP contribution in [0.5, 0.6) is 0 Å². The first-order chi connectivity index (χ1) is 31.8.